The summed E-state index contributed by atoms with van der Waals surface area (Å²) in [5, 5.41) is 3.32. The summed E-state index contributed by atoms with van der Waals surface area (Å²) in [5.41, 5.74) is 0. The summed E-state index contributed by atoms with van der Waals surface area (Å²) in [6.07, 6.45) is 5.28. The zero-order valence-corrected chi connectivity index (χ0v) is 7.34. The van der Waals surface area contributed by atoms with Crippen molar-refractivity contribution < 1.29 is 0 Å². The molecule has 0 bridgehead atoms. The third-order valence-corrected chi connectivity index (χ3v) is 2.64. The Balaban J connectivity index is 2.18. The van der Waals surface area contributed by atoms with E-state index in [0.29, 0.717) is 0 Å². The lowest BCUT2D eigenvalue weighted by atomic mass is 9.86. The van der Waals surface area contributed by atoms with Gasteiger partial charge in [0, 0.05) is 12.6 Å². The number of rotatable bonds is 3. The molecular formula is C9H18N2. The van der Waals surface area contributed by atoms with Crippen LogP contribution < -0.4 is 5.32 Å². The lowest BCUT2D eigenvalue weighted by Gasteiger charge is -2.26. The molecule has 0 atom stereocenters. The van der Waals surface area contributed by atoms with Gasteiger partial charge in [-0.2, -0.15) is 0 Å². The molecule has 0 heterocycles. The molecule has 0 amide bonds. The van der Waals surface area contributed by atoms with E-state index in [1.54, 1.807) is 0 Å². The van der Waals surface area contributed by atoms with Gasteiger partial charge < -0.3 is 10.3 Å². The lowest BCUT2D eigenvalue weighted by molar-refractivity contribution is 0.308. The predicted molar refractivity (Wildman–Crippen MR) is 49.2 cm³/mol. The summed E-state index contributed by atoms with van der Waals surface area (Å²) < 4.78 is 0. The van der Waals surface area contributed by atoms with E-state index in [-0.39, 0.29) is 0 Å². The van der Waals surface area contributed by atoms with Gasteiger partial charge in [0.15, 0.2) is 0 Å². The van der Waals surface area contributed by atoms with Crippen molar-refractivity contribution in [1.29, 1.82) is 0 Å². The van der Waals surface area contributed by atoms with Gasteiger partial charge in [-0.25, -0.2) is 0 Å². The fourth-order valence-electron chi connectivity index (χ4n) is 1.82. The van der Waals surface area contributed by atoms with Gasteiger partial charge in [0.05, 0.1) is 0 Å². The highest BCUT2D eigenvalue weighted by Crippen LogP contribution is 2.23. The maximum atomic E-state index is 3.94. The molecule has 0 aliphatic heterocycles. The molecule has 2 nitrogen and oxygen atoms in total. The topological polar surface area (TPSA) is 24.4 Å². The number of hydrogen-bond donors (Lipinski definition) is 1. The van der Waals surface area contributed by atoms with Crippen LogP contribution in [0.15, 0.2) is 4.99 Å². The number of nitrogens with zero attached hydrogens (tertiary/aromatic N) is 1. The van der Waals surface area contributed by atoms with E-state index in [0.717, 1.165) is 18.5 Å². The van der Waals surface area contributed by atoms with Crippen LogP contribution in [0.5, 0.6) is 0 Å². The minimum absolute atomic E-state index is 0.760. The molecule has 0 aromatic carbocycles. The van der Waals surface area contributed by atoms with Crippen molar-refractivity contribution in [3.63, 3.8) is 0 Å². The number of hydrogen-bond acceptors (Lipinski definition) is 2. The van der Waals surface area contributed by atoms with Crippen molar-refractivity contribution in [2.75, 3.05) is 13.6 Å². The minimum atomic E-state index is 0.760. The average Bonchev–Trinajstić information content (AvgIpc) is 2.07. The summed E-state index contributed by atoms with van der Waals surface area (Å²) in [6, 6.07) is 0.760. The molecule has 0 unspecified atom stereocenters. The van der Waals surface area contributed by atoms with Crippen LogP contribution >= 0.6 is 0 Å². The van der Waals surface area contributed by atoms with Crippen molar-refractivity contribution in [2.45, 2.75) is 31.7 Å². The van der Waals surface area contributed by atoms with Crippen LogP contribution in [0.1, 0.15) is 25.7 Å². The van der Waals surface area contributed by atoms with Crippen LogP contribution in [0.4, 0.5) is 0 Å². The van der Waals surface area contributed by atoms with Crippen LogP contribution in [0.2, 0.25) is 0 Å². The summed E-state index contributed by atoms with van der Waals surface area (Å²) in [7, 11) is 2.05. The van der Waals surface area contributed by atoms with Gasteiger partial charge in [-0.15, -0.1) is 0 Å². The fraction of sp³-hybridized carbons (Fsp3) is 0.889. The largest absolute Gasteiger partial charge is 0.317 e. The van der Waals surface area contributed by atoms with Crippen molar-refractivity contribution >= 4 is 6.72 Å². The van der Waals surface area contributed by atoms with Crippen molar-refractivity contribution in [2.24, 2.45) is 10.9 Å². The smallest absolute Gasteiger partial charge is 0.0410 e. The Morgan fingerprint density at radius 3 is 2.45 bits per heavy atom. The third-order valence-electron chi connectivity index (χ3n) is 2.64. The van der Waals surface area contributed by atoms with Crippen LogP contribution in [0.25, 0.3) is 0 Å². The van der Waals surface area contributed by atoms with Gasteiger partial charge in [-0.1, -0.05) is 0 Å². The summed E-state index contributed by atoms with van der Waals surface area (Å²) >= 11 is 0. The molecule has 1 aliphatic rings. The van der Waals surface area contributed by atoms with E-state index in [1.807, 2.05) is 0 Å². The van der Waals surface area contributed by atoms with Gasteiger partial charge in [0.2, 0.25) is 0 Å². The second-order valence-corrected chi connectivity index (χ2v) is 3.41. The van der Waals surface area contributed by atoms with Gasteiger partial charge in [0.1, 0.15) is 0 Å². The van der Waals surface area contributed by atoms with Crippen LogP contribution in [0, 0.1) is 5.92 Å². The van der Waals surface area contributed by atoms with E-state index in [9.17, 15) is 0 Å². The monoisotopic (exact) mass is 154 g/mol. The quantitative estimate of drug-likeness (QED) is 0.612. The van der Waals surface area contributed by atoms with E-state index in [4.69, 9.17) is 0 Å². The van der Waals surface area contributed by atoms with Crippen molar-refractivity contribution in [3.05, 3.63) is 0 Å². The molecule has 1 saturated carbocycles. The molecule has 1 fully saturated rings. The maximum Gasteiger partial charge on any atom is 0.0410 e. The summed E-state index contributed by atoms with van der Waals surface area (Å²) in [6.45, 7) is 4.50. The minimum Gasteiger partial charge on any atom is -0.317 e. The summed E-state index contributed by atoms with van der Waals surface area (Å²) in [4.78, 5) is 3.94. The molecule has 2 heteroatoms. The average molecular weight is 154 g/mol. The van der Waals surface area contributed by atoms with Gasteiger partial charge in [0.25, 0.3) is 0 Å². The number of nitrogens with one attached hydrogen (secondary N) is 1. The normalized spacial score (nSPS) is 31.7. The molecule has 0 aromatic rings. The molecule has 0 radical (unpaired) electrons. The molecule has 0 saturated heterocycles. The first kappa shape index (κ1) is 8.72. The van der Waals surface area contributed by atoms with Crippen molar-refractivity contribution in [3.8, 4) is 0 Å². The SMILES string of the molecule is C=NCC1CCC(NC)CC1. The molecule has 11 heavy (non-hydrogen) atoms. The highest BCUT2D eigenvalue weighted by atomic mass is 14.9. The van der Waals surface area contributed by atoms with E-state index in [1.165, 1.54) is 25.7 Å². The van der Waals surface area contributed by atoms with Gasteiger partial charge in [-0.05, 0) is 45.4 Å². The molecule has 1 aliphatic carbocycles. The fourth-order valence-corrected chi connectivity index (χ4v) is 1.82. The van der Waals surface area contributed by atoms with Gasteiger partial charge >= 0.3 is 0 Å². The molecule has 1 rings (SSSR count). The van der Waals surface area contributed by atoms with Crippen LogP contribution in [0.3, 0.4) is 0 Å². The van der Waals surface area contributed by atoms with Gasteiger partial charge in [-0.3, -0.25) is 0 Å². The zero-order chi connectivity index (χ0) is 8.10. The Labute approximate surface area is 69.1 Å². The first-order valence-electron chi connectivity index (χ1n) is 4.46. The molecule has 0 spiro atoms. The Kier molecular flexibility index (Phi) is 3.57. The maximum absolute atomic E-state index is 3.94. The summed E-state index contributed by atoms with van der Waals surface area (Å²) in [5.74, 6) is 0.817. The second-order valence-electron chi connectivity index (χ2n) is 3.41. The zero-order valence-electron chi connectivity index (χ0n) is 7.34. The molecular weight excluding hydrogens is 136 g/mol. The highest BCUT2D eigenvalue weighted by Gasteiger charge is 2.18. The first-order valence-corrected chi connectivity index (χ1v) is 4.46. The van der Waals surface area contributed by atoms with E-state index < -0.39 is 0 Å². The molecule has 64 valence electrons. The number of aliphatic imine (C=N–C) groups is 1. The highest BCUT2D eigenvalue weighted by molar-refractivity contribution is 5.23. The third kappa shape index (κ3) is 2.62. The van der Waals surface area contributed by atoms with E-state index in [2.05, 4.69) is 24.1 Å². The molecule has 1 N–H and O–H groups in total. The Morgan fingerprint density at radius 1 is 1.36 bits per heavy atom. The Bertz CT molecular complexity index is 115. The Hall–Kier alpha value is -0.370. The lowest BCUT2D eigenvalue weighted by Crippen LogP contribution is -2.30. The standard InChI is InChI=1S/C9H18N2/c1-10-7-8-3-5-9(11-2)6-4-8/h8-9,11H,1,3-7H2,2H3. The van der Waals surface area contributed by atoms with Crippen molar-refractivity contribution in [1.82, 2.24) is 5.32 Å². The van der Waals surface area contributed by atoms with Crippen LogP contribution in [-0.2, 0) is 0 Å². The molecule has 0 aromatic heterocycles. The Morgan fingerprint density at radius 2 is 2.00 bits per heavy atom. The second kappa shape index (κ2) is 4.50. The van der Waals surface area contributed by atoms with E-state index >= 15 is 0 Å². The van der Waals surface area contributed by atoms with Crippen LogP contribution in [-0.4, -0.2) is 26.4 Å². The predicted octanol–water partition coefficient (Wildman–Crippen LogP) is 1.47. The first-order chi connectivity index (χ1) is 5.36.